The van der Waals surface area contributed by atoms with E-state index in [0.717, 1.165) is 51.9 Å². The van der Waals surface area contributed by atoms with Gasteiger partial charge in [0.1, 0.15) is 6.04 Å². The molecule has 2 aliphatic rings. The minimum Gasteiger partial charge on any atom is -0.344 e. The van der Waals surface area contributed by atoms with E-state index in [1.54, 1.807) is 6.92 Å². The van der Waals surface area contributed by atoms with E-state index in [-0.39, 0.29) is 17.7 Å². The minimum atomic E-state index is -0.391. The summed E-state index contributed by atoms with van der Waals surface area (Å²) in [6.07, 6.45) is 4.12. The highest BCUT2D eigenvalue weighted by atomic mass is 16.2. The van der Waals surface area contributed by atoms with Gasteiger partial charge in [-0.15, -0.1) is 0 Å². The number of carbonyl (C=O) groups is 2. The van der Waals surface area contributed by atoms with Crippen molar-refractivity contribution in [1.29, 1.82) is 0 Å². The third kappa shape index (κ3) is 3.22. The van der Waals surface area contributed by atoms with E-state index in [1.165, 1.54) is 0 Å². The van der Waals surface area contributed by atoms with E-state index in [1.807, 2.05) is 4.90 Å². The van der Waals surface area contributed by atoms with Gasteiger partial charge in [0.05, 0.1) is 5.92 Å². The van der Waals surface area contributed by atoms with Crippen molar-refractivity contribution >= 4 is 11.8 Å². The zero-order chi connectivity index (χ0) is 13.0. The van der Waals surface area contributed by atoms with Gasteiger partial charge in [-0.1, -0.05) is 0 Å². The maximum absolute atomic E-state index is 12.1. The topological polar surface area (TPSA) is 61.4 Å². The Balaban J connectivity index is 1.80. The van der Waals surface area contributed by atoms with Gasteiger partial charge in [0.15, 0.2) is 0 Å². The van der Waals surface area contributed by atoms with Crippen LogP contribution in [-0.2, 0) is 9.59 Å². The molecule has 2 fully saturated rings. The molecule has 5 nitrogen and oxygen atoms in total. The Kier molecular flexibility index (Phi) is 4.58. The molecular formula is C13H23N3O2. The molecule has 2 atom stereocenters. The maximum atomic E-state index is 12.1. The number of carbonyl (C=O) groups excluding carboxylic acids is 2. The lowest BCUT2D eigenvalue weighted by atomic mass is 9.98. The van der Waals surface area contributed by atoms with Crippen LogP contribution in [-0.4, -0.2) is 48.9 Å². The Morgan fingerprint density at radius 2 is 2.00 bits per heavy atom. The zero-order valence-corrected chi connectivity index (χ0v) is 11.1. The van der Waals surface area contributed by atoms with Crippen LogP contribution in [0.1, 0.15) is 32.6 Å². The van der Waals surface area contributed by atoms with Crippen LogP contribution in [0, 0.1) is 5.92 Å². The average Bonchev–Trinajstić information content (AvgIpc) is 2.92. The second-order valence-corrected chi connectivity index (χ2v) is 5.31. The van der Waals surface area contributed by atoms with Crippen LogP contribution in [0.2, 0.25) is 0 Å². The molecule has 2 saturated heterocycles. The molecule has 0 aromatic heterocycles. The fourth-order valence-corrected chi connectivity index (χ4v) is 2.68. The number of amides is 2. The smallest absolute Gasteiger partial charge is 0.244 e. The third-order valence-corrected chi connectivity index (χ3v) is 3.81. The summed E-state index contributed by atoms with van der Waals surface area (Å²) in [5.74, 6) is 0.0967. The molecule has 18 heavy (non-hydrogen) atoms. The van der Waals surface area contributed by atoms with Crippen molar-refractivity contribution in [3.05, 3.63) is 0 Å². The van der Waals surface area contributed by atoms with Gasteiger partial charge in [-0.25, -0.2) is 0 Å². The van der Waals surface area contributed by atoms with Gasteiger partial charge in [-0.2, -0.15) is 0 Å². The first-order valence-corrected chi connectivity index (χ1v) is 6.98. The Hall–Kier alpha value is -1.10. The molecule has 0 aromatic rings. The van der Waals surface area contributed by atoms with Crippen LogP contribution in [0.15, 0.2) is 0 Å². The van der Waals surface area contributed by atoms with Crippen molar-refractivity contribution < 1.29 is 9.59 Å². The highest BCUT2D eigenvalue weighted by molar-refractivity contribution is 5.88. The van der Waals surface area contributed by atoms with Gasteiger partial charge in [0.25, 0.3) is 0 Å². The van der Waals surface area contributed by atoms with E-state index in [2.05, 4.69) is 10.6 Å². The maximum Gasteiger partial charge on any atom is 0.244 e. The predicted molar refractivity (Wildman–Crippen MR) is 69.0 cm³/mol. The zero-order valence-electron chi connectivity index (χ0n) is 11.1. The second-order valence-electron chi connectivity index (χ2n) is 5.31. The quantitative estimate of drug-likeness (QED) is 0.750. The van der Waals surface area contributed by atoms with Crippen molar-refractivity contribution in [3.8, 4) is 0 Å². The average molecular weight is 253 g/mol. The van der Waals surface area contributed by atoms with Gasteiger partial charge < -0.3 is 15.5 Å². The Morgan fingerprint density at radius 1 is 1.28 bits per heavy atom. The number of hydrogen-bond acceptors (Lipinski definition) is 3. The van der Waals surface area contributed by atoms with Crippen LogP contribution >= 0.6 is 0 Å². The lowest BCUT2D eigenvalue weighted by Gasteiger charge is -2.25. The molecule has 2 N–H and O–H groups in total. The van der Waals surface area contributed by atoms with Gasteiger partial charge in [0.2, 0.25) is 11.8 Å². The number of rotatable bonds is 3. The van der Waals surface area contributed by atoms with Crippen molar-refractivity contribution in [3.63, 3.8) is 0 Å². The molecule has 2 rings (SSSR count). The molecule has 2 amide bonds. The first kappa shape index (κ1) is 13.3. The highest BCUT2D eigenvalue weighted by Crippen LogP contribution is 2.12. The van der Waals surface area contributed by atoms with E-state index >= 15 is 0 Å². The predicted octanol–water partition coefficient (Wildman–Crippen LogP) is 0.113. The van der Waals surface area contributed by atoms with Gasteiger partial charge in [0, 0.05) is 19.6 Å². The third-order valence-electron chi connectivity index (χ3n) is 3.81. The number of nitrogens with one attached hydrogen (secondary N) is 2. The van der Waals surface area contributed by atoms with E-state index < -0.39 is 6.04 Å². The molecule has 1 unspecified atom stereocenters. The summed E-state index contributed by atoms with van der Waals surface area (Å²) in [4.78, 5) is 25.9. The fourth-order valence-electron chi connectivity index (χ4n) is 2.68. The summed E-state index contributed by atoms with van der Waals surface area (Å²) in [7, 11) is 0. The first-order valence-electron chi connectivity index (χ1n) is 6.98. The molecule has 2 aliphatic heterocycles. The van der Waals surface area contributed by atoms with Crippen LogP contribution < -0.4 is 10.6 Å². The molecule has 5 heteroatoms. The highest BCUT2D eigenvalue weighted by Gasteiger charge is 2.27. The lowest BCUT2D eigenvalue weighted by molar-refractivity contribution is -0.136. The van der Waals surface area contributed by atoms with Crippen LogP contribution in [0.25, 0.3) is 0 Å². The van der Waals surface area contributed by atoms with E-state index in [9.17, 15) is 9.59 Å². The number of likely N-dealkylation sites (tertiary alicyclic amines) is 1. The second kappa shape index (κ2) is 6.18. The van der Waals surface area contributed by atoms with Gasteiger partial charge in [-0.05, 0) is 39.2 Å². The van der Waals surface area contributed by atoms with Crippen LogP contribution in [0.3, 0.4) is 0 Å². The number of nitrogens with zero attached hydrogens (tertiary/aromatic N) is 1. The van der Waals surface area contributed by atoms with E-state index in [4.69, 9.17) is 0 Å². The van der Waals surface area contributed by atoms with Crippen molar-refractivity contribution in [2.75, 3.05) is 26.2 Å². The largest absolute Gasteiger partial charge is 0.344 e. The molecule has 102 valence electrons. The van der Waals surface area contributed by atoms with Gasteiger partial charge in [-0.3, -0.25) is 9.59 Å². The summed E-state index contributed by atoms with van der Waals surface area (Å²) in [5, 5.41) is 6.07. The molecule has 0 radical (unpaired) electrons. The summed E-state index contributed by atoms with van der Waals surface area (Å²) in [6.45, 7) is 5.19. The standard InChI is InChI=1S/C13H23N3O2/c1-10(13(18)16-7-2-3-8-16)15-12(17)11-5-4-6-14-9-11/h10-11,14H,2-9H2,1H3,(H,15,17)/t10?,11-/m0/s1. The summed E-state index contributed by atoms with van der Waals surface area (Å²) in [5.41, 5.74) is 0. The SMILES string of the molecule is CC(NC(=O)[C@H]1CCCNC1)C(=O)N1CCCC1. The van der Waals surface area contributed by atoms with E-state index in [0.29, 0.717) is 0 Å². The molecular weight excluding hydrogens is 230 g/mol. The van der Waals surface area contributed by atoms with Gasteiger partial charge >= 0.3 is 0 Å². The molecule has 0 spiro atoms. The molecule has 0 aromatic carbocycles. The number of piperidine rings is 1. The summed E-state index contributed by atoms with van der Waals surface area (Å²) < 4.78 is 0. The lowest BCUT2D eigenvalue weighted by Crippen LogP contribution is -2.49. The molecule has 0 aliphatic carbocycles. The summed E-state index contributed by atoms with van der Waals surface area (Å²) >= 11 is 0. The fraction of sp³-hybridized carbons (Fsp3) is 0.846. The normalized spacial score (nSPS) is 25.8. The molecule has 0 saturated carbocycles. The van der Waals surface area contributed by atoms with Crippen LogP contribution in [0.4, 0.5) is 0 Å². The molecule has 0 bridgehead atoms. The first-order chi connectivity index (χ1) is 8.68. The Bertz CT molecular complexity index is 307. The van der Waals surface area contributed by atoms with Crippen molar-refractivity contribution in [2.24, 2.45) is 5.92 Å². The number of hydrogen-bond donors (Lipinski definition) is 2. The van der Waals surface area contributed by atoms with Crippen LogP contribution in [0.5, 0.6) is 0 Å². The monoisotopic (exact) mass is 253 g/mol. The Labute approximate surface area is 108 Å². The van der Waals surface area contributed by atoms with Crippen molar-refractivity contribution in [1.82, 2.24) is 15.5 Å². The summed E-state index contributed by atoms with van der Waals surface area (Å²) in [6, 6.07) is -0.391. The molecule has 2 heterocycles. The minimum absolute atomic E-state index is 0.0160. The Morgan fingerprint density at radius 3 is 2.61 bits per heavy atom. The van der Waals surface area contributed by atoms with Crippen molar-refractivity contribution in [2.45, 2.75) is 38.6 Å².